The van der Waals surface area contributed by atoms with E-state index in [1.165, 1.54) is 24.1 Å². The normalized spacial score (nSPS) is 22.2. The number of hydrogen-bond donors (Lipinski definition) is 0. The van der Waals surface area contributed by atoms with Crippen LogP contribution in [0, 0.1) is 0 Å². The minimum atomic E-state index is 0.284. The van der Waals surface area contributed by atoms with Crippen molar-refractivity contribution in [1.82, 2.24) is 0 Å². The van der Waals surface area contributed by atoms with E-state index in [0.29, 0.717) is 5.92 Å². The molecule has 17 heavy (non-hydrogen) atoms. The Balaban J connectivity index is 1.73. The highest BCUT2D eigenvalue weighted by atomic mass is 16.6. The summed E-state index contributed by atoms with van der Waals surface area (Å²) in [5.74, 6) is 0.609. The number of benzene rings is 1. The van der Waals surface area contributed by atoms with Crippen LogP contribution in [0.1, 0.15) is 38.2 Å². The van der Waals surface area contributed by atoms with Crippen LogP contribution in [0.5, 0.6) is 0 Å². The summed E-state index contributed by atoms with van der Waals surface area (Å²) in [5.41, 5.74) is 3.10. The smallest absolute Gasteiger partial charge is 0.0950 e. The molecule has 0 saturated carbocycles. The minimum Gasteiger partial charge on any atom is -0.371 e. The van der Waals surface area contributed by atoms with Crippen molar-refractivity contribution in [1.29, 1.82) is 0 Å². The van der Waals surface area contributed by atoms with Crippen molar-refractivity contribution in [3.63, 3.8) is 0 Å². The molecule has 2 saturated heterocycles. The van der Waals surface area contributed by atoms with Crippen LogP contribution in [0.4, 0.5) is 5.69 Å². The zero-order valence-electron chi connectivity index (χ0n) is 10.8. The number of ether oxygens (including phenoxy) is 1. The standard InChI is InChI=1S/C15H21NO/c1-12(2)13-4-3-5-14(10-13)16-8-6-15(7-9-16)11-17-15/h3-5,10,12H,6-9,11H2,1-2H3. The van der Waals surface area contributed by atoms with Crippen molar-refractivity contribution >= 4 is 5.69 Å². The molecule has 0 radical (unpaired) electrons. The maximum absolute atomic E-state index is 5.56. The van der Waals surface area contributed by atoms with Crippen LogP contribution in [-0.2, 0) is 4.74 Å². The van der Waals surface area contributed by atoms with Crippen molar-refractivity contribution in [2.75, 3.05) is 24.6 Å². The van der Waals surface area contributed by atoms with Crippen LogP contribution < -0.4 is 4.90 Å². The van der Waals surface area contributed by atoms with Gasteiger partial charge in [-0.2, -0.15) is 0 Å². The number of nitrogens with zero attached hydrogens (tertiary/aromatic N) is 1. The summed E-state index contributed by atoms with van der Waals surface area (Å²) < 4.78 is 5.56. The molecular weight excluding hydrogens is 210 g/mol. The van der Waals surface area contributed by atoms with Crippen LogP contribution in [0.2, 0.25) is 0 Å². The van der Waals surface area contributed by atoms with Gasteiger partial charge in [0.2, 0.25) is 0 Å². The molecule has 3 rings (SSSR count). The third kappa shape index (κ3) is 2.19. The Kier molecular flexibility index (Phi) is 2.62. The Morgan fingerprint density at radius 3 is 2.53 bits per heavy atom. The van der Waals surface area contributed by atoms with Gasteiger partial charge < -0.3 is 9.64 Å². The maximum Gasteiger partial charge on any atom is 0.0950 e. The van der Waals surface area contributed by atoms with Crippen molar-refractivity contribution in [2.45, 2.75) is 38.2 Å². The molecule has 92 valence electrons. The Bertz CT molecular complexity index is 399. The van der Waals surface area contributed by atoms with Crippen LogP contribution in [0.3, 0.4) is 0 Å². The van der Waals surface area contributed by atoms with Crippen molar-refractivity contribution in [2.24, 2.45) is 0 Å². The van der Waals surface area contributed by atoms with Crippen LogP contribution in [0.15, 0.2) is 24.3 Å². The van der Waals surface area contributed by atoms with Crippen molar-refractivity contribution in [3.8, 4) is 0 Å². The van der Waals surface area contributed by atoms with Crippen molar-refractivity contribution < 1.29 is 4.74 Å². The summed E-state index contributed by atoms with van der Waals surface area (Å²) in [6.07, 6.45) is 2.39. The van der Waals surface area contributed by atoms with Gasteiger partial charge in [-0.3, -0.25) is 0 Å². The maximum atomic E-state index is 5.56. The second kappa shape index (κ2) is 4.02. The molecule has 2 heterocycles. The summed E-state index contributed by atoms with van der Waals surface area (Å²) in [7, 11) is 0. The quantitative estimate of drug-likeness (QED) is 0.727. The zero-order chi connectivity index (χ0) is 11.9. The minimum absolute atomic E-state index is 0.284. The van der Waals surface area contributed by atoms with Gasteiger partial charge in [-0.05, 0) is 36.5 Å². The highest BCUT2D eigenvalue weighted by Gasteiger charge is 2.46. The van der Waals surface area contributed by atoms with E-state index in [-0.39, 0.29) is 5.60 Å². The highest BCUT2D eigenvalue weighted by molar-refractivity contribution is 5.49. The molecule has 2 fully saturated rings. The zero-order valence-corrected chi connectivity index (χ0v) is 10.8. The van der Waals surface area contributed by atoms with Crippen molar-refractivity contribution in [3.05, 3.63) is 29.8 Å². The fraction of sp³-hybridized carbons (Fsp3) is 0.600. The second-order valence-corrected chi connectivity index (χ2v) is 5.71. The molecule has 2 nitrogen and oxygen atoms in total. The second-order valence-electron chi connectivity index (χ2n) is 5.71. The number of piperidine rings is 1. The topological polar surface area (TPSA) is 15.8 Å². The third-order valence-electron chi connectivity index (χ3n) is 4.13. The van der Waals surface area contributed by atoms with Gasteiger partial charge in [0.15, 0.2) is 0 Å². The molecule has 0 amide bonds. The first-order valence-electron chi connectivity index (χ1n) is 6.67. The predicted octanol–water partition coefficient (Wildman–Crippen LogP) is 3.18. The molecule has 2 heteroatoms. The number of epoxide rings is 1. The Morgan fingerprint density at radius 2 is 1.94 bits per heavy atom. The number of rotatable bonds is 2. The molecule has 1 aromatic carbocycles. The molecule has 0 N–H and O–H groups in total. The molecular formula is C15H21NO. The molecule has 0 bridgehead atoms. The molecule has 2 aliphatic rings. The van der Waals surface area contributed by atoms with E-state index in [0.717, 1.165) is 19.7 Å². The van der Waals surface area contributed by atoms with Gasteiger partial charge in [-0.15, -0.1) is 0 Å². The van der Waals surface area contributed by atoms with Gasteiger partial charge in [0.25, 0.3) is 0 Å². The monoisotopic (exact) mass is 231 g/mol. The Labute approximate surface area is 104 Å². The van der Waals surface area contributed by atoms with Crippen LogP contribution in [-0.4, -0.2) is 25.3 Å². The molecule has 0 unspecified atom stereocenters. The lowest BCUT2D eigenvalue weighted by molar-refractivity contribution is 0.258. The van der Waals surface area contributed by atoms with E-state index in [1.807, 2.05) is 0 Å². The Morgan fingerprint density at radius 1 is 1.24 bits per heavy atom. The van der Waals surface area contributed by atoms with E-state index in [1.54, 1.807) is 0 Å². The molecule has 2 aliphatic heterocycles. The Hall–Kier alpha value is -1.02. The van der Waals surface area contributed by atoms with E-state index in [4.69, 9.17) is 4.74 Å². The lowest BCUT2D eigenvalue weighted by Gasteiger charge is -2.32. The fourth-order valence-corrected chi connectivity index (χ4v) is 2.64. The summed E-state index contributed by atoms with van der Waals surface area (Å²) in [5, 5.41) is 0. The van der Waals surface area contributed by atoms with Gasteiger partial charge in [0, 0.05) is 18.8 Å². The van der Waals surface area contributed by atoms with Gasteiger partial charge in [0.05, 0.1) is 12.2 Å². The van der Waals surface area contributed by atoms with E-state index in [9.17, 15) is 0 Å². The third-order valence-corrected chi connectivity index (χ3v) is 4.13. The first kappa shape index (κ1) is 11.1. The largest absolute Gasteiger partial charge is 0.371 e. The summed E-state index contributed by atoms with van der Waals surface area (Å²) in [4.78, 5) is 2.50. The van der Waals surface area contributed by atoms with E-state index >= 15 is 0 Å². The number of hydrogen-bond acceptors (Lipinski definition) is 2. The van der Waals surface area contributed by atoms with Crippen LogP contribution >= 0.6 is 0 Å². The predicted molar refractivity (Wildman–Crippen MR) is 70.7 cm³/mol. The number of anilines is 1. The lowest BCUT2D eigenvalue weighted by atomic mass is 9.96. The molecule has 0 atom stereocenters. The average Bonchev–Trinajstić information content (AvgIpc) is 3.10. The first-order valence-corrected chi connectivity index (χ1v) is 6.67. The average molecular weight is 231 g/mol. The molecule has 0 aliphatic carbocycles. The summed E-state index contributed by atoms with van der Waals surface area (Å²) in [6, 6.07) is 8.99. The first-order chi connectivity index (χ1) is 8.19. The van der Waals surface area contributed by atoms with Gasteiger partial charge >= 0.3 is 0 Å². The van der Waals surface area contributed by atoms with Gasteiger partial charge in [-0.1, -0.05) is 26.0 Å². The SMILES string of the molecule is CC(C)c1cccc(N2CCC3(CC2)CO3)c1. The van der Waals surface area contributed by atoms with Gasteiger partial charge in [-0.25, -0.2) is 0 Å². The van der Waals surface area contributed by atoms with E-state index in [2.05, 4.69) is 43.0 Å². The lowest BCUT2D eigenvalue weighted by Crippen LogP contribution is -2.37. The van der Waals surface area contributed by atoms with E-state index < -0.39 is 0 Å². The fourth-order valence-electron chi connectivity index (χ4n) is 2.64. The molecule has 0 aromatic heterocycles. The van der Waals surface area contributed by atoms with Crippen LogP contribution in [0.25, 0.3) is 0 Å². The molecule has 1 aromatic rings. The molecule has 1 spiro atoms. The highest BCUT2D eigenvalue weighted by Crippen LogP contribution is 2.39. The summed E-state index contributed by atoms with van der Waals surface area (Å²) >= 11 is 0. The summed E-state index contributed by atoms with van der Waals surface area (Å²) in [6.45, 7) is 7.78. The van der Waals surface area contributed by atoms with Gasteiger partial charge in [0.1, 0.15) is 0 Å².